The Bertz CT molecular complexity index is 905. The molecular weight excluding hydrogens is 346 g/mol. The molecule has 3 aromatic heterocycles. The van der Waals surface area contributed by atoms with Crippen LogP contribution >= 0.6 is 0 Å². The summed E-state index contributed by atoms with van der Waals surface area (Å²) in [5.74, 6) is 1.78. The molecule has 8 nitrogen and oxygen atoms in total. The van der Waals surface area contributed by atoms with Gasteiger partial charge in [0.05, 0.1) is 5.69 Å². The Hall–Kier alpha value is -3.03. The molecule has 3 aromatic rings. The number of hydrogen-bond donors (Lipinski definition) is 0. The molecule has 1 aliphatic rings. The number of pyridine rings is 1. The number of hydrogen-bond acceptors (Lipinski definition) is 7. The van der Waals surface area contributed by atoms with Crippen LogP contribution in [-0.2, 0) is 6.42 Å². The highest BCUT2D eigenvalue weighted by Gasteiger charge is 2.27. The average Bonchev–Trinajstić information content (AvgIpc) is 3.36. The summed E-state index contributed by atoms with van der Waals surface area (Å²) in [6.45, 7) is 3.25. The maximum atomic E-state index is 12.6. The quantitative estimate of drug-likeness (QED) is 0.684. The summed E-state index contributed by atoms with van der Waals surface area (Å²) in [7, 11) is 0. The van der Waals surface area contributed by atoms with Crippen LogP contribution in [0.1, 0.15) is 41.3 Å². The third-order valence-corrected chi connectivity index (χ3v) is 4.87. The largest absolute Gasteiger partial charge is 0.438 e. The van der Waals surface area contributed by atoms with Crippen molar-refractivity contribution in [2.75, 3.05) is 13.1 Å². The molecule has 4 rings (SSSR count). The summed E-state index contributed by atoms with van der Waals surface area (Å²) in [6, 6.07) is 5.57. The van der Waals surface area contributed by atoms with E-state index in [-0.39, 0.29) is 5.91 Å². The predicted molar refractivity (Wildman–Crippen MR) is 95.7 cm³/mol. The van der Waals surface area contributed by atoms with Crippen LogP contribution in [0, 0.1) is 12.8 Å². The van der Waals surface area contributed by atoms with E-state index >= 15 is 0 Å². The van der Waals surface area contributed by atoms with Gasteiger partial charge in [-0.15, -0.1) is 0 Å². The molecule has 1 fully saturated rings. The van der Waals surface area contributed by atoms with Gasteiger partial charge >= 0.3 is 0 Å². The second-order valence-electron chi connectivity index (χ2n) is 6.80. The minimum Gasteiger partial charge on any atom is -0.438 e. The van der Waals surface area contributed by atoms with Crippen molar-refractivity contribution in [2.45, 2.75) is 32.6 Å². The van der Waals surface area contributed by atoms with E-state index in [9.17, 15) is 4.79 Å². The molecule has 0 saturated carbocycles. The summed E-state index contributed by atoms with van der Waals surface area (Å²) in [6.07, 6.45) is 6.70. The Morgan fingerprint density at radius 3 is 3.04 bits per heavy atom. The zero-order valence-electron chi connectivity index (χ0n) is 15.2. The number of carbonyl (C=O) groups is 1. The smallest absolute Gasteiger partial charge is 0.291 e. The monoisotopic (exact) mass is 367 g/mol. The number of aryl methyl sites for hydroxylation is 2. The normalized spacial score (nSPS) is 17.2. The molecule has 0 aromatic carbocycles. The van der Waals surface area contributed by atoms with E-state index in [1.54, 1.807) is 13.1 Å². The predicted octanol–water partition coefficient (Wildman–Crippen LogP) is 2.91. The van der Waals surface area contributed by atoms with E-state index in [1.807, 2.05) is 23.1 Å². The maximum absolute atomic E-state index is 12.6. The summed E-state index contributed by atoms with van der Waals surface area (Å²) in [5.41, 5.74) is 1.31. The van der Waals surface area contributed by atoms with Crippen molar-refractivity contribution in [3.63, 3.8) is 0 Å². The Kier molecular flexibility index (Phi) is 4.95. The van der Waals surface area contributed by atoms with Gasteiger partial charge in [0.15, 0.2) is 12.2 Å². The van der Waals surface area contributed by atoms with Gasteiger partial charge in [0, 0.05) is 25.7 Å². The van der Waals surface area contributed by atoms with Gasteiger partial charge in [0.25, 0.3) is 11.8 Å². The number of aromatic nitrogens is 4. The highest BCUT2D eigenvalue weighted by atomic mass is 16.5. The number of rotatable bonds is 5. The van der Waals surface area contributed by atoms with Crippen LogP contribution in [0.2, 0.25) is 0 Å². The molecule has 1 aliphatic heterocycles. The van der Waals surface area contributed by atoms with Crippen molar-refractivity contribution >= 4 is 5.91 Å². The Morgan fingerprint density at radius 2 is 2.26 bits per heavy atom. The molecule has 27 heavy (non-hydrogen) atoms. The van der Waals surface area contributed by atoms with Crippen LogP contribution in [-0.4, -0.2) is 44.0 Å². The van der Waals surface area contributed by atoms with Crippen molar-refractivity contribution in [1.82, 2.24) is 25.0 Å². The van der Waals surface area contributed by atoms with Crippen LogP contribution in [0.25, 0.3) is 11.6 Å². The molecule has 0 aliphatic carbocycles. The molecule has 1 amide bonds. The molecule has 0 bridgehead atoms. The fraction of sp³-hybridized carbons (Fsp3) is 0.421. The minimum atomic E-state index is -0.0771. The van der Waals surface area contributed by atoms with Gasteiger partial charge in [-0.1, -0.05) is 11.2 Å². The summed E-state index contributed by atoms with van der Waals surface area (Å²) < 4.78 is 10.6. The Labute approximate surface area is 156 Å². The van der Waals surface area contributed by atoms with Crippen molar-refractivity contribution < 1.29 is 13.7 Å². The van der Waals surface area contributed by atoms with Crippen molar-refractivity contribution in [2.24, 2.45) is 5.92 Å². The van der Waals surface area contributed by atoms with Gasteiger partial charge in [-0.3, -0.25) is 9.78 Å². The molecule has 8 heteroatoms. The number of nitrogens with zero attached hydrogens (tertiary/aromatic N) is 5. The van der Waals surface area contributed by atoms with E-state index in [0.29, 0.717) is 47.7 Å². The molecule has 140 valence electrons. The second kappa shape index (κ2) is 7.69. The Morgan fingerprint density at radius 1 is 1.33 bits per heavy atom. The lowest BCUT2D eigenvalue weighted by Crippen LogP contribution is -2.40. The van der Waals surface area contributed by atoms with Crippen LogP contribution in [0.3, 0.4) is 0 Å². The first-order chi connectivity index (χ1) is 13.2. The van der Waals surface area contributed by atoms with Crippen molar-refractivity contribution in [3.05, 3.63) is 48.1 Å². The standard InChI is InChI=1S/C19H21N5O3/c1-13-17(26-12-21-13)19(25)24-10-4-5-14(11-24)7-8-16-22-18(27-23-16)15-6-2-3-9-20-15/h2-3,6,9,12,14H,4-5,7-8,10-11H2,1H3. The van der Waals surface area contributed by atoms with Crippen LogP contribution in [0.15, 0.2) is 39.7 Å². The second-order valence-corrected chi connectivity index (χ2v) is 6.80. The Balaban J connectivity index is 1.34. The highest BCUT2D eigenvalue weighted by molar-refractivity contribution is 5.92. The molecule has 0 N–H and O–H groups in total. The lowest BCUT2D eigenvalue weighted by Gasteiger charge is -2.32. The molecule has 4 heterocycles. The van der Waals surface area contributed by atoms with Crippen LogP contribution in [0.4, 0.5) is 0 Å². The van der Waals surface area contributed by atoms with Gasteiger partial charge < -0.3 is 13.8 Å². The zero-order chi connectivity index (χ0) is 18.6. The fourth-order valence-electron chi connectivity index (χ4n) is 3.42. The van der Waals surface area contributed by atoms with Gasteiger partial charge in [-0.25, -0.2) is 4.98 Å². The topological polar surface area (TPSA) is 98.2 Å². The first-order valence-electron chi connectivity index (χ1n) is 9.14. The number of amides is 1. The fourth-order valence-corrected chi connectivity index (χ4v) is 3.42. The molecule has 1 unspecified atom stereocenters. The molecule has 0 radical (unpaired) electrons. The van der Waals surface area contributed by atoms with E-state index in [4.69, 9.17) is 8.94 Å². The lowest BCUT2D eigenvalue weighted by atomic mass is 9.93. The summed E-state index contributed by atoms with van der Waals surface area (Å²) in [5, 5.41) is 4.05. The third kappa shape index (κ3) is 3.89. The van der Waals surface area contributed by atoms with Crippen LogP contribution < -0.4 is 0 Å². The molecule has 0 spiro atoms. The minimum absolute atomic E-state index is 0.0771. The van der Waals surface area contributed by atoms with E-state index in [1.165, 1.54) is 6.39 Å². The molecule has 1 atom stereocenters. The molecular formula is C19H21N5O3. The van der Waals surface area contributed by atoms with Gasteiger partial charge in [-0.05, 0) is 44.2 Å². The molecule has 1 saturated heterocycles. The summed E-state index contributed by atoms with van der Waals surface area (Å²) in [4.78, 5) is 27.1. The van der Waals surface area contributed by atoms with Crippen LogP contribution in [0.5, 0.6) is 0 Å². The first kappa shape index (κ1) is 17.4. The maximum Gasteiger partial charge on any atom is 0.291 e. The van der Waals surface area contributed by atoms with E-state index in [0.717, 1.165) is 25.8 Å². The third-order valence-electron chi connectivity index (χ3n) is 4.87. The van der Waals surface area contributed by atoms with E-state index in [2.05, 4.69) is 20.1 Å². The highest BCUT2D eigenvalue weighted by Crippen LogP contribution is 2.23. The van der Waals surface area contributed by atoms with Gasteiger partial charge in [0.1, 0.15) is 5.69 Å². The SMILES string of the molecule is Cc1ncoc1C(=O)N1CCCC(CCc2noc(-c3ccccn3)n2)C1. The zero-order valence-corrected chi connectivity index (χ0v) is 15.2. The average molecular weight is 367 g/mol. The number of likely N-dealkylation sites (tertiary alicyclic amines) is 1. The lowest BCUT2D eigenvalue weighted by molar-refractivity contribution is 0.0635. The van der Waals surface area contributed by atoms with E-state index < -0.39 is 0 Å². The summed E-state index contributed by atoms with van der Waals surface area (Å²) >= 11 is 0. The number of piperidine rings is 1. The van der Waals surface area contributed by atoms with Crippen molar-refractivity contribution in [1.29, 1.82) is 0 Å². The van der Waals surface area contributed by atoms with Crippen molar-refractivity contribution in [3.8, 4) is 11.6 Å². The van der Waals surface area contributed by atoms with Gasteiger partial charge in [-0.2, -0.15) is 4.98 Å². The number of carbonyl (C=O) groups excluding carboxylic acids is 1. The first-order valence-corrected chi connectivity index (χ1v) is 9.14. The van der Waals surface area contributed by atoms with Gasteiger partial charge in [0.2, 0.25) is 5.76 Å². The number of oxazole rings is 1.